The van der Waals surface area contributed by atoms with Crippen molar-refractivity contribution in [2.45, 2.75) is 32.0 Å². The summed E-state index contributed by atoms with van der Waals surface area (Å²) in [5.74, 6) is -1.66. The summed E-state index contributed by atoms with van der Waals surface area (Å²) in [6, 6.07) is 7.04. The maximum atomic E-state index is 12.5. The van der Waals surface area contributed by atoms with Gasteiger partial charge in [-0.3, -0.25) is 19.7 Å². The second-order valence-electron chi connectivity index (χ2n) is 8.92. The molecule has 0 spiro atoms. The van der Waals surface area contributed by atoms with E-state index in [-0.39, 0.29) is 34.4 Å². The molecule has 2 aliphatic rings. The number of carbonyl (C=O) groups excluding carboxylic acids is 3. The van der Waals surface area contributed by atoms with E-state index in [2.05, 4.69) is 17.6 Å². The van der Waals surface area contributed by atoms with E-state index >= 15 is 0 Å². The van der Waals surface area contributed by atoms with Crippen molar-refractivity contribution in [2.24, 2.45) is 5.41 Å². The molecule has 1 saturated heterocycles. The number of benzene rings is 1. The quantitative estimate of drug-likeness (QED) is 0.432. The van der Waals surface area contributed by atoms with Crippen LogP contribution in [0.5, 0.6) is 5.75 Å². The highest BCUT2D eigenvalue weighted by Gasteiger charge is 2.53. The van der Waals surface area contributed by atoms with Gasteiger partial charge in [-0.1, -0.05) is 13.0 Å². The summed E-state index contributed by atoms with van der Waals surface area (Å²) in [4.78, 5) is 40.9. The molecule has 1 aromatic heterocycles. The second kappa shape index (κ2) is 8.31. The molecule has 32 heavy (non-hydrogen) atoms. The Hall–Kier alpha value is -2.75. The first kappa shape index (κ1) is 22.4. The van der Waals surface area contributed by atoms with Gasteiger partial charge >= 0.3 is 0 Å². The number of amides is 1. The first-order valence-corrected chi connectivity index (χ1v) is 11.2. The molecule has 0 radical (unpaired) electrons. The maximum Gasteiger partial charge on any atom is 0.257 e. The number of phenols is 1. The lowest BCUT2D eigenvalue weighted by atomic mass is 9.76. The Balaban J connectivity index is 1.58. The van der Waals surface area contributed by atoms with Gasteiger partial charge in [0.2, 0.25) is 11.6 Å². The summed E-state index contributed by atoms with van der Waals surface area (Å²) in [5.41, 5.74) is 0.159. The number of hydrogen-bond acceptors (Lipinski definition) is 8. The Morgan fingerprint density at radius 3 is 2.44 bits per heavy atom. The van der Waals surface area contributed by atoms with Gasteiger partial charge in [-0.05, 0) is 31.2 Å². The van der Waals surface area contributed by atoms with Crippen LogP contribution in [0, 0.1) is 12.3 Å². The molecule has 1 amide bonds. The summed E-state index contributed by atoms with van der Waals surface area (Å²) >= 11 is 1.65. The Morgan fingerprint density at radius 2 is 1.88 bits per heavy atom. The molecule has 4 rings (SSSR count). The van der Waals surface area contributed by atoms with E-state index < -0.39 is 23.7 Å². The van der Waals surface area contributed by atoms with Crippen molar-refractivity contribution in [1.82, 2.24) is 10.2 Å². The minimum absolute atomic E-state index is 0.119. The Kier molecular flexibility index (Phi) is 5.83. The average molecular weight is 458 g/mol. The fraction of sp³-hybridized carbons (Fsp3) is 0.435. The largest absolute Gasteiger partial charge is 0.505 e. The van der Waals surface area contributed by atoms with Crippen LogP contribution in [0.4, 0.5) is 5.69 Å². The number of carbonyl (C=O) groups is 3. The van der Waals surface area contributed by atoms with Gasteiger partial charge in [0.25, 0.3) is 5.91 Å². The molecule has 2 heterocycles. The molecule has 170 valence electrons. The van der Waals surface area contributed by atoms with E-state index in [0.717, 1.165) is 9.75 Å². The van der Waals surface area contributed by atoms with Crippen LogP contribution in [0.3, 0.4) is 0 Å². The standard InChI is InChI=1S/C23H27N3O5S/c1-12-8-9-15(32-12)21(23(2)10-31-11-23)25-17-16(19(28)20(17)29)24-14-7-5-6-13(18(14)27)22(30)26(3)4/h5-9,16-17,21,24-25,27H,10-11H2,1-4H3. The molecule has 1 aliphatic heterocycles. The predicted molar refractivity (Wildman–Crippen MR) is 121 cm³/mol. The molecule has 2 aromatic rings. The summed E-state index contributed by atoms with van der Waals surface area (Å²) in [6.07, 6.45) is 0. The van der Waals surface area contributed by atoms with Crippen molar-refractivity contribution in [2.75, 3.05) is 32.6 Å². The smallest absolute Gasteiger partial charge is 0.257 e. The SMILES string of the molecule is Cc1ccc(C(NC2C(=O)C(=O)C2Nc2cccc(C(=O)N(C)C)c2O)C2(C)COC2)s1. The van der Waals surface area contributed by atoms with Crippen molar-refractivity contribution in [3.63, 3.8) is 0 Å². The first-order valence-electron chi connectivity index (χ1n) is 10.4. The zero-order chi connectivity index (χ0) is 23.2. The molecule has 9 heteroatoms. The Labute approximate surface area is 190 Å². The van der Waals surface area contributed by atoms with Crippen LogP contribution in [-0.4, -0.2) is 66.9 Å². The Bertz CT molecular complexity index is 1080. The molecule has 2 fully saturated rings. The van der Waals surface area contributed by atoms with Crippen molar-refractivity contribution >= 4 is 34.5 Å². The minimum atomic E-state index is -0.841. The third kappa shape index (κ3) is 3.80. The third-order valence-electron chi connectivity index (χ3n) is 6.08. The molecule has 3 atom stereocenters. The van der Waals surface area contributed by atoms with Gasteiger partial charge in [-0.2, -0.15) is 0 Å². The van der Waals surface area contributed by atoms with Gasteiger partial charge in [-0.25, -0.2) is 0 Å². The molecular weight excluding hydrogens is 430 g/mol. The number of ketones is 2. The minimum Gasteiger partial charge on any atom is -0.505 e. The van der Waals surface area contributed by atoms with Crippen molar-refractivity contribution in [1.29, 1.82) is 0 Å². The zero-order valence-electron chi connectivity index (χ0n) is 18.5. The number of thiophene rings is 1. The number of nitrogens with zero attached hydrogens (tertiary/aromatic N) is 1. The number of aromatic hydroxyl groups is 1. The number of phenolic OH excluding ortho intramolecular Hbond substituents is 1. The van der Waals surface area contributed by atoms with E-state index in [4.69, 9.17) is 4.74 Å². The third-order valence-corrected chi connectivity index (χ3v) is 7.14. The topological polar surface area (TPSA) is 108 Å². The van der Waals surface area contributed by atoms with Crippen LogP contribution in [0.2, 0.25) is 0 Å². The molecular formula is C23H27N3O5S. The van der Waals surface area contributed by atoms with Crippen molar-refractivity contribution < 1.29 is 24.2 Å². The second-order valence-corrected chi connectivity index (χ2v) is 10.2. The molecule has 1 aromatic carbocycles. The summed E-state index contributed by atoms with van der Waals surface area (Å²) in [6.45, 7) is 5.24. The van der Waals surface area contributed by atoms with Crippen LogP contribution >= 0.6 is 11.3 Å². The van der Waals surface area contributed by atoms with E-state index in [0.29, 0.717) is 13.2 Å². The van der Waals surface area contributed by atoms with Gasteiger partial charge in [-0.15, -0.1) is 11.3 Å². The molecule has 1 saturated carbocycles. The van der Waals surface area contributed by atoms with Crippen LogP contribution in [0.25, 0.3) is 0 Å². The lowest BCUT2D eigenvalue weighted by Crippen LogP contribution is -2.69. The van der Waals surface area contributed by atoms with Crippen LogP contribution < -0.4 is 10.6 Å². The highest BCUT2D eigenvalue weighted by Crippen LogP contribution is 2.43. The number of hydrogen-bond donors (Lipinski definition) is 3. The number of para-hydroxylation sites is 1. The van der Waals surface area contributed by atoms with Gasteiger partial charge < -0.3 is 20.1 Å². The molecule has 0 bridgehead atoms. The van der Waals surface area contributed by atoms with Gasteiger partial charge in [0.15, 0.2) is 5.75 Å². The predicted octanol–water partition coefficient (Wildman–Crippen LogP) is 2.13. The normalized spacial score (nSPS) is 22.6. The first-order chi connectivity index (χ1) is 15.1. The molecule has 1 aliphatic carbocycles. The van der Waals surface area contributed by atoms with Crippen LogP contribution in [-0.2, 0) is 14.3 Å². The highest BCUT2D eigenvalue weighted by molar-refractivity contribution is 7.12. The monoisotopic (exact) mass is 457 g/mol. The van der Waals surface area contributed by atoms with E-state index in [9.17, 15) is 19.5 Å². The average Bonchev–Trinajstić information content (AvgIpc) is 3.17. The van der Waals surface area contributed by atoms with Crippen molar-refractivity contribution in [3.05, 3.63) is 45.6 Å². The van der Waals surface area contributed by atoms with Gasteiger partial charge in [0, 0.05) is 29.3 Å². The fourth-order valence-corrected chi connectivity index (χ4v) is 5.19. The number of ether oxygens (including phenoxy) is 1. The van der Waals surface area contributed by atoms with E-state index in [1.165, 1.54) is 11.0 Å². The van der Waals surface area contributed by atoms with Gasteiger partial charge in [0.05, 0.1) is 30.5 Å². The number of nitrogens with one attached hydrogen (secondary N) is 2. The maximum absolute atomic E-state index is 12.5. The molecule has 8 nitrogen and oxygen atoms in total. The lowest BCUT2D eigenvalue weighted by molar-refractivity contribution is -0.149. The number of Topliss-reactive ketones (excluding diaryl/α,β-unsaturated/α-hetero) is 2. The summed E-state index contributed by atoms with van der Waals surface area (Å²) in [7, 11) is 3.18. The van der Waals surface area contributed by atoms with E-state index in [1.807, 2.05) is 19.1 Å². The van der Waals surface area contributed by atoms with Crippen LogP contribution in [0.15, 0.2) is 30.3 Å². The van der Waals surface area contributed by atoms with Crippen LogP contribution in [0.1, 0.15) is 33.1 Å². The van der Waals surface area contributed by atoms with Crippen molar-refractivity contribution in [3.8, 4) is 5.75 Å². The summed E-state index contributed by atoms with van der Waals surface area (Å²) in [5, 5.41) is 17.0. The number of rotatable bonds is 7. The van der Waals surface area contributed by atoms with Gasteiger partial charge in [0.1, 0.15) is 12.1 Å². The molecule has 3 unspecified atom stereocenters. The zero-order valence-corrected chi connectivity index (χ0v) is 19.3. The lowest BCUT2D eigenvalue weighted by Gasteiger charge is -2.47. The number of aryl methyl sites for hydroxylation is 1. The fourth-order valence-electron chi connectivity index (χ4n) is 4.08. The molecule has 3 N–H and O–H groups in total. The Morgan fingerprint density at radius 1 is 1.19 bits per heavy atom. The summed E-state index contributed by atoms with van der Waals surface area (Å²) < 4.78 is 5.45. The number of anilines is 1. The highest BCUT2D eigenvalue weighted by atomic mass is 32.1. The van der Waals surface area contributed by atoms with E-state index in [1.54, 1.807) is 37.6 Å².